The van der Waals surface area contributed by atoms with Gasteiger partial charge in [0.2, 0.25) is 5.76 Å². The minimum atomic E-state index is -0.357. The van der Waals surface area contributed by atoms with E-state index in [2.05, 4.69) is 10.3 Å². The summed E-state index contributed by atoms with van der Waals surface area (Å²) in [4.78, 5) is 14.6. The van der Waals surface area contributed by atoms with Crippen LogP contribution in [0.15, 0.2) is 47.2 Å². The van der Waals surface area contributed by atoms with Crippen LogP contribution in [-0.4, -0.2) is 32.3 Å². The molecule has 25 heavy (non-hydrogen) atoms. The lowest BCUT2D eigenvalue weighted by atomic mass is 10.1. The van der Waals surface area contributed by atoms with Gasteiger partial charge >= 0.3 is 0 Å². The molecule has 4 rings (SSSR count). The topological polar surface area (TPSA) is 64.2 Å². The van der Waals surface area contributed by atoms with Gasteiger partial charge in [0.1, 0.15) is 11.5 Å². The van der Waals surface area contributed by atoms with Crippen LogP contribution in [0.5, 0.6) is 0 Å². The molecule has 128 valence electrons. The molecule has 0 N–H and O–H groups in total. The van der Waals surface area contributed by atoms with Gasteiger partial charge in [0.25, 0.3) is 5.91 Å². The molecule has 0 bridgehead atoms. The fourth-order valence-corrected chi connectivity index (χ4v) is 3.27. The van der Waals surface area contributed by atoms with E-state index in [1.54, 1.807) is 34.0 Å². The van der Waals surface area contributed by atoms with Crippen LogP contribution in [0.3, 0.4) is 0 Å². The zero-order valence-corrected chi connectivity index (χ0v) is 13.7. The number of carbonyl (C=O) groups excluding carboxylic acids is 1. The molecule has 1 aliphatic heterocycles. The lowest BCUT2D eigenvalue weighted by Gasteiger charge is -2.22. The monoisotopic (exact) mass is 340 g/mol. The summed E-state index contributed by atoms with van der Waals surface area (Å²) in [5.41, 5.74) is 2.03. The Labute approximate surface area is 143 Å². The van der Waals surface area contributed by atoms with Crippen molar-refractivity contribution in [2.24, 2.45) is 7.05 Å². The van der Waals surface area contributed by atoms with E-state index < -0.39 is 0 Å². The molecule has 1 atom stereocenters. The maximum Gasteiger partial charge on any atom is 0.292 e. The molecule has 3 aromatic rings. The minimum absolute atomic E-state index is 0.0103. The second-order valence-corrected chi connectivity index (χ2v) is 6.19. The molecular formula is C18H17FN4O2. The Morgan fingerprint density at radius 1 is 1.36 bits per heavy atom. The fourth-order valence-electron chi connectivity index (χ4n) is 3.27. The number of halogens is 1. The molecule has 1 aliphatic rings. The Hall–Kier alpha value is -2.96. The molecule has 1 amide bonds. The standard InChI is InChI=1S/C18H17FN4O2/c1-22-11-13(10-20-22)16-6-3-7-23(16)18(24)17-9-15(21-25-17)12-4-2-5-14(19)8-12/h2,4-5,8-11,16H,3,6-7H2,1H3/t16-/m1/s1. The van der Waals surface area contributed by atoms with Gasteiger partial charge in [-0.1, -0.05) is 17.3 Å². The van der Waals surface area contributed by atoms with Crippen molar-refractivity contribution in [2.75, 3.05) is 6.54 Å². The first-order chi connectivity index (χ1) is 12.1. The zero-order valence-electron chi connectivity index (χ0n) is 13.7. The quantitative estimate of drug-likeness (QED) is 0.734. The molecular weight excluding hydrogens is 323 g/mol. The molecule has 2 aromatic heterocycles. The van der Waals surface area contributed by atoms with Crippen molar-refractivity contribution in [3.63, 3.8) is 0 Å². The number of aromatic nitrogens is 3. The maximum atomic E-state index is 13.4. The molecule has 0 aliphatic carbocycles. The SMILES string of the molecule is Cn1cc([C@H]2CCCN2C(=O)c2cc(-c3cccc(F)c3)no2)cn1. The van der Waals surface area contributed by atoms with E-state index in [4.69, 9.17) is 4.52 Å². The summed E-state index contributed by atoms with van der Waals surface area (Å²) in [5, 5.41) is 8.10. The second kappa shape index (κ2) is 6.16. The van der Waals surface area contributed by atoms with Gasteiger partial charge < -0.3 is 9.42 Å². The van der Waals surface area contributed by atoms with Crippen molar-refractivity contribution in [2.45, 2.75) is 18.9 Å². The zero-order chi connectivity index (χ0) is 17.4. The number of benzene rings is 1. The summed E-state index contributed by atoms with van der Waals surface area (Å²) in [5.74, 6) is -0.402. The highest BCUT2D eigenvalue weighted by Gasteiger charge is 2.33. The predicted molar refractivity (Wildman–Crippen MR) is 88.1 cm³/mol. The number of nitrogens with zero attached hydrogens (tertiary/aromatic N) is 4. The lowest BCUT2D eigenvalue weighted by molar-refractivity contribution is 0.0693. The van der Waals surface area contributed by atoms with Crippen LogP contribution < -0.4 is 0 Å². The van der Waals surface area contributed by atoms with Crippen molar-refractivity contribution < 1.29 is 13.7 Å². The third-order valence-electron chi connectivity index (χ3n) is 4.46. The maximum absolute atomic E-state index is 13.4. The average Bonchev–Trinajstić information content (AvgIpc) is 3.34. The third-order valence-corrected chi connectivity index (χ3v) is 4.46. The largest absolute Gasteiger partial charge is 0.350 e. The van der Waals surface area contributed by atoms with Crippen molar-refractivity contribution in [3.8, 4) is 11.3 Å². The summed E-state index contributed by atoms with van der Waals surface area (Å²) >= 11 is 0. The van der Waals surface area contributed by atoms with Crippen molar-refractivity contribution >= 4 is 5.91 Å². The van der Waals surface area contributed by atoms with Gasteiger partial charge in [0.15, 0.2) is 0 Å². The van der Waals surface area contributed by atoms with Crippen molar-refractivity contribution in [3.05, 3.63) is 59.9 Å². The van der Waals surface area contributed by atoms with Crippen molar-refractivity contribution in [1.29, 1.82) is 0 Å². The Bertz CT molecular complexity index is 917. The van der Waals surface area contributed by atoms with Crippen LogP contribution in [0, 0.1) is 5.82 Å². The summed E-state index contributed by atoms with van der Waals surface area (Å²) < 4.78 is 20.3. The number of rotatable bonds is 3. The van der Waals surface area contributed by atoms with Gasteiger partial charge in [0, 0.05) is 37.0 Å². The van der Waals surface area contributed by atoms with E-state index in [0.29, 0.717) is 17.8 Å². The molecule has 7 heteroatoms. The van der Waals surface area contributed by atoms with Gasteiger partial charge in [-0.25, -0.2) is 4.39 Å². The van der Waals surface area contributed by atoms with E-state index in [1.165, 1.54) is 12.1 Å². The fraction of sp³-hybridized carbons (Fsp3) is 0.278. The molecule has 1 fully saturated rings. The van der Waals surface area contributed by atoms with Gasteiger partial charge in [-0.05, 0) is 25.0 Å². The molecule has 0 radical (unpaired) electrons. The predicted octanol–water partition coefficient (Wildman–Crippen LogP) is 3.19. The van der Waals surface area contributed by atoms with Crippen molar-refractivity contribution in [1.82, 2.24) is 19.8 Å². The van der Waals surface area contributed by atoms with Crippen LogP contribution >= 0.6 is 0 Å². The number of aryl methyl sites for hydroxylation is 1. The number of amides is 1. The minimum Gasteiger partial charge on any atom is -0.350 e. The smallest absolute Gasteiger partial charge is 0.292 e. The first-order valence-electron chi connectivity index (χ1n) is 8.14. The molecule has 1 saturated heterocycles. The average molecular weight is 340 g/mol. The Morgan fingerprint density at radius 3 is 3.00 bits per heavy atom. The summed E-state index contributed by atoms with van der Waals surface area (Å²) in [6, 6.07) is 7.60. The van der Waals surface area contributed by atoms with Gasteiger partial charge in [-0.3, -0.25) is 9.48 Å². The Balaban J connectivity index is 1.58. The van der Waals surface area contributed by atoms with Crippen LogP contribution in [0.2, 0.25) is 0 Å². The third kappa shape index (κ3) is 2.93. The van der Waals surface area contributed by atoms with Crippen LogP contribution in [0.4, 0.5) is 4.39 Å². The number of carbonyl (C=O) groups is 1. The summed E-state index contributed by atoms with van der Waals surface area (Å²) in [6.07, 6.45) is 5.53. The molecule has 3 heterocycles. The van der Waals surface area contributed by atoms with Crippen LogP contribution in [-0.2, 0) is 7.05 Å². The number of hydrogen-bond acceptors (Lipinski definition) is 4. The van der Waals surface area contributed by atoms with Gasteiger partial charge in [-0.15, -0.1) is 0 Å². The first-order valence-corrected chi connectivity index (χ1v) is 8.14. The highest BCUT2D eigenvalue weighted by molar-refractivity contribution is 5.93. The Kier molecular flexibility index (Phi) is 3.83. The molecule has 0 spiro atoms. The van der Waals surface area contributed by atoms with Gasteiger partial charge in [0.05, 0.1) is 12.2 Å². The van der Waals surface area contributed by atoms with Crippen LogP contribution in [0.1, 0.15) is 35.0 Å². The first kappa shape index (κ1) is 15.6. The molecule has 1 aromatic carbocycles. The Morgan fingerprint density at radius 2 is 2.24 bits per heavy atom. The normalized spacial score (nSPS) is 17.2. The second-order valence-electron chi connectivity index (χ2n) is 6.19. The highest BCUT2D eigenvalue weighted by atomic mass is 19.1. The number of hydrogen-bond donors (Lipinski definition) is 0. The summed E-state index contributed by atoms with van der Waals surface area (Å²) in [6.45, 7) is 0.661. The lowest BCUT2D eigenvalue weighted by Crippen LogP contribution is -2.30. The van der Waals surface area contributed by atoms with E-state index in [9.17, 15) is 9.18 Å². The van der Waals surface area contributed by atoms with E-state index >= 15 is 0 Å². The van der Waals surface area contributed by atoms with Gasteiger partial charge in [-0.2, -0.15) is 5.10 Å². The van der Waals surface area contributed by atoms with Crippen LogP contribution in [0.25, 0.3) is 11.3 Å². The number of likely N-dealkylation sites (tertiary alicyclic amines) is 1. The van der Waals surface area contributed by atoms with E-state index in [1.807, 2.05) is 13.2 Å². The molecule has 6 nitrogen and oxygen atoms in total. The highest BCUT2D eigenvalue weighted by Crippen LogP contribution is 2.33. The van der Waals surface area contributed by atoms with E-state index in [0.717, 1.165) is 18.4 Å². The summed E-state index contributed by atoms with van der Waals surface area (Å²) in [7, 11) is 1.85. The van der Waals surface area contributed by atoms with E-state index in [-0.39, 0.29) is 23.5 Å². The molecule has 0 saturated carbocycles. The molecule has 0 unspecified atom stereocenters.